The van der Waals surface area contributed by atoms with Crippen molar-refractivity contribution < 1.29 is 9.53 Å². The summed E-state index contributed by atoms with van der Waals surface area (Å²) in [5, 5.41) is 6.40. The van der Waals surface area contributed by atoms with Gasteiger partial charge in [-0.2, -0.15) is 0 Å². The Labute approximate surface area is 120 Å². The van der Waals surface area contributed by atoms with Crippen LogP contribution in [0.2, 0.25) is 0 Å². The monoisotopic (exact) mass is 277 g/mol. The van der Waals surface area contributed by atoms with Gasteiger partial charge in [0.25, 0.3) is 0 Å². The topological polar surface area (TPSA) is 63.2 Å². The molecule has 2 N–H and O–H groups in total. The zero-order valence-corrected chi connectivity index (χ0v) is 12.1. The molecule has 0 saturated carbocycles. The molecule has 1 aromatic rings. The average molecular weight is 277 g/mol. The molecule has 1 aliphatic heterocycles. The summed E-state index contributed by atoms with van der Waals surface area (Å²) in [6.07, 6.45) is 2.79. The summed E-state index contributed by atoms with van der Waals surface area (Å²) >= 11 is 0. The van der Waals surface area contributed by atoms with Gasteiger partial charge < -0.3 is 15.4 Å². The second-order valence-corrected chi connectivity index (χ2v) is 5.19. The van der Waals surface area contributed by atoms with Gasteiger partial charge in [0.05, 0.1) is 30.9 Å². The Morgan fingerprint density at radius 1 is 1.50 bits per heavy atom. The lowest BCUT2D eigenvalue weighted by atomic mass is 10.0. The van der Waals surface area contributed by atoms with Crippen LogP contribution in [0.5, 0.6) is 0 Å². The lowest BCUT2D eigenvalue weighted by molar-refractivity contribution is -0.126. The number of carbonyl (C=O) groups excluding carboxylic acids is 1. The molecule has 0 spiro atoms. The van der Waals surface area contributed by atoms with Crippen LogP contribution in [-0.2, 0) is 9.53 Å². The number of nitrogens with one attached hydrogen (secondary N) is 2. The van der Waals surface area contributed by atoms with Gasteiger partial charge in [-0.1, -0.05) is 13.0 Å². The maximum Gasteiger partial charge on any atom is 0.227 e. The van der Waals surface area contributed by atoms with Crippen LogP contribution < -0.4 is 10.6 Å². The van der Waals surface area contributed by atoms with Crippen LogP contribution in [0.1, 0.15) is 32.0 Å². The Bertz CT molecular complexity index is 424. The van der Waals surface area contributed by atoms with E-state index >= 15 is 0 Å². The van der Waals surface area contributed by atoms with Gasteiger partial charge in [-0.05, 0) is 32.0 Å². The number of ether oxygens (including phenoxy) is 1. The van der Waals surface area contributed by atoms with E-state index in [1.54, 1.807) is 6.20 Å². The van der Waals surface area contributed by atoms with Crippen LogP contribution in [-0.4, -0.2) is 36.7 Å². The minimum absolute atomic E-state index is 0.0363. The minimum Gasteiger partial charge on any atom is -0.379 e. The van der Waals surface area contributed by atoms with Crippen LogP contribution in [0.15, 0.2) is 24.4 Å². The van der Waals surface area contributed by atoms with E-state index in [1.165, 1.54) is 0 Å². The molecule has 5 heteroatoms. The molecule has 0 aliphatic carbocycles. The molecule has 20 heavy (non-hydrogen) atoms. The third-order valence-electron chi connectivity index (χ3n) is 3.56. The molecule has 1 amide bonds. The number of nitrogens with zero attached hydrogens (tertiary/aromatic N) is 1. The van der Waals surface area contributed by atoms with Crippen LogP contribution in [0, 0.1) is 5.92 Å². The first-order chi connectivity index (χ1) is 9.72. The fourth-order valence-electron chi connectivity index (χ4n) is 2.37. The zero-order valence-electron chi connectivity index (χ0n) is 12.1. The first kappa shape index (κ1) is 14.9. The molecular weight excluding hydrogens is 254 g/mol. The quantitative estimate of drug-likeness (QED) is 0.822. The Kier molecular flexibility index (Phi) is 5.49. The SMILES string of the molecule is CCCNC1COCC1C(=O)NC(C)c1ccccn1. The van der Waals surface area contributed by atoms with Gasteiger partial charge in [0.2, 0.25) is 5.91 Å². The van der Waals surface area contributed by atoms with Crippen molar-refractivity contribution in [2.45, 2.75) is 32.4 Å². The Hall–Kier alpha value is -1.46. The molecule has 1 saturated heterocycles. The molecule has 3 atom stereocenters. The smallest absolute Gasteiger partial charge is 0.227 e. The molecule has 1 aliphatic rings. The second kappa shape index (κ2) is 7.36. The van der Waals surface area contributed by atoms with E-state index in [2.05, 4.69) is 22.5 Å². The predicted molar refractivity (Wildman–Crippen MR) is 77.2 cm³/mol. The van der Waals surface area contributed by atoms with E-state index in [4.69, 9.17) is 4.74 Å². The molecule has 1 fully saturated rings. The lowest BCUT2D eigenvalue weighted by Crippen LogP contribution is -2.44. The molecular formula is C15H23N3O2. The van der Waals surface area contributed by atoms with Gasteiger partial charge in [-0.25, -0.2) is 0 Å². The van der Waals surface area contributed by atoms with Crippen molar-refractivity contribution in [2.75, 3.05) is 19.8 Å². The summed E-state index contributed by atoms with van der Waals surface area (Å²) in [7, 11) is 0. The molecule has 0 bridgehead atoms. The Morgan fingerprint density at radius 2 is 2.35 bits per heavy atom. The van der Waals surface area contributed by atoms with E-state index in [-0.39, 0.29) is 23.9 Å². The summed E-state index contributed by atoms with van der Waals surface area (Å²) in [4.78, 5) is 16.6. The average Bonchev–Trinajstić information content (AvgIpc) is 2.94. The minimum atomic E-state index is -0.118. The number of hydrogen-bond acceptors (Lipinski definition) is 4. The molecule has 1 aromatic heterocycles. The molecule has 5 nitrogen and oxygen atoms in total. The van der Waals surface area contributed by atoms with Crippen LogP contribution >= 0.6 is 0 Å². The summed E-state index contributed by atoms with van der Waals surface area (Å²) in [6.45, 7) is 6.07. The third-order valence-corrected chi connectivity index (χ3v) is 3.56. The normalized spacial score (nSPS) is 23.5. The fraction of sp³-hybridized carbons (Fsp3) is 0.600. The number of amides is 1. The van der Waals surface area contributed by atoms with Crippen molar-refractivity contribution in [3.05, 3.63) is 30.1 Å². The standard InChI is InChI=1S/C15H23N3O2/c1-3-7-16-14-10-20-9-12(14)15(19)18-11(2)13-6-4-5-8-17-13/h4-6,8,11-12,14,16H,3,7,9-10H2,1-2H3,(H,18,19). The first-order valence-corrected chi connectivity index (χ1v) is 7.24. The van der Waals surface area contributed by atoms with E-state index in [9.17, 15) is 4.79 Å². The predicted octanol–water partition coefficient (Wildman–Crippen LogP) is 1.27. The summed E-state index contributed by atoms with van der Waals surface area (Å²) in [5.41, 5.74) is 0.873. The highest BCUT2D eigenvalue weighted by atomic mass is 16.5. The molecule has 2 heterocycles. The van der Waals surface area contributed by atoms with Gasteiger partial charge in [0, 0.05) is 12.2 Å². The fourth-order valence-corrected chi connectivity index (χ4v) is 2.37. The lowest BCUT2D eigenvalue weighted by Gasteiger charge is -2.21. The van der Waals surface area contributed by atoms with Gasteiger partial charge in [-0.3, -0.25) is 9.78 Å². The Balaban J connectivity index is 1.90. The number of hydrogen-bond donors (Lipinski definition) is 2. The van der Waals surface area contributed by atoms with Crippen molar-refractivity contribution >= 4 is 5.91 Å². The van der Waals surface area contributed by atoms with Crippen LogP contribution in [0.4, 0.5) is 0 Å². The summed E-state index contributed by atoms with van der Waals surface area (Å²) in [5.74, 6) is -0.0815. The number of rotatable bonds is 6. The van der Waals surface area contributed by atoms with E-state index in [1.807, 2.05) is 25.1 Å². The van der Waals surface area contributed by atoms with Gasteiger partial charge >= 0.3 is 0 Å². The highest BCUT2D eigenvalue weighted by Gasteiger charge is 2.34. The van der Waals surface area contributed by atoms with Crippen LogP contribution in [0.25, 0.3) is 0 Å². The van der Waals surface area contributed by atoms with Crippen molar-refractivity contribution in [3.8, 4) is 0 Å². The first-order valence-electron chi connectivity index (χ1n) is 7.24. The highest BCUT2D eigenvalue weighted by Crippen LogP contribution is 2.16. The molecule has 0 aromatic carbocycles. The van der Waals surface area contributed by atoms with E-state index in [0.717, 1.165) is 18.7 Å². The van der Waals surface area contributed by atoms with Gasteiger partial charge in [0.1, 0.15) is 0 Å². The van der Waals surface area contributed by atoms with E-state index < -0.39 is 0 Å². The van der Waals surface area contributed by atoms with E-state index in [0.29, 0.717) is 13.2 Å². The van der Waals surface area contributed by atoms with Crippen molar-refractivity contribution in [2.24, 2.45) is 5.92 Å². The molecule has 110 valence electrons. The van der Waals surface area contributed by atoms with Crippen molar-refractivity contribution in [1.29, 1.82) is 0 Å². The number of carbonyl (C=O) groups is 1. The molecule has 0 radical (unpaired) electrons. The summed E-state index contributed by atoms with van der Waals surface area (Å²) in [6, 6.07) is 5.74. The number of aromatic nitrogens is 1. The van der Waals surface area contributed by atoms with Crippen molar-refractivity contribution in [3.63, 3.8) is 0 Å². The highest BCUT2D eigenvalue weighted by molar-refractivity contribution is 5.80. The van der Waals surface area contributed by atoms with Gasteiger partial charge in [0.15, 0.2) is 0 Å². The molecule has 2 rings (SSSR count). The molecule has 3 unspecified atom stereocenters. The maximum atomic E-state index is 12.3. The number of pyridine rings is 1. The third kappa shape index (κ3) is 3.77. The largest absolute Gasteiger partial charge is 0.379 e. The van der Waals surface area contributed by atoms with Crippen LogP contribution in [0.3, 0.4) is 0 Å². The zero-order chi connectivity index (χ0) is 14.4. The maximum absolute atomic E-state index is 12.3. The summed E-state index contributed by atoms with van der Waals surface area (Å²) < 4.78 is 5.44. The Morgan fingerprint density at radius 3 is 3.05 bits per heavy atom. The van der Waals surface area contributed by atoms with Gasteiger partial charge in [-0.15, -0.1) is 0 Å². The second-order valence-electron chi connectivity index (χ2n) is 5.19. The van der Waals surface area contributed by atoms with Crippen molar-refractivity contribution in [1.82, 2.24) is 15.6 Å².